The van der Waals surface area contributed by atoms with Crippen LogP contribution in [0.4, 0.5) is 0 Å². The lowest BCUT2D eigenvalue weighted by atomic mass is 9.53. The standard InChI is InChI=1S/C23H31NO6/c1-13(21(25)24-23-10-14-7-15(11-23)9-16(8-14)12-23)30-22(26)17-5-6-18(27-2)20(29-4)19(17)28-3/h5-6,13-16H,7-12H2,1-4H3,(H,24,25)/t13-,14?,15?,16?,23?/m0/s1. The zero-order valence-corrected chi connectivity index (χ0v) is 18.2. The van der Waals surface area contributed by atoms with Gasteiger partial charge in [-0.2, -0.15) is 0 Å². The first kappa shape index (κ1) is 20.8. The molecule has 4 fully saturated rings. The van der Waals surface area contributed by atoms with Crippen molar-refractivity contribution in [3.8, 4) is 17.2 Å². The Kier molecular flexibility index (Phi) is 5.55. The van der Waals surface area contributed by atoms with E-state index in [0.29, 0.717) is 11.5 Å². The number of methoxy groups -OCH3 is 3. The van der Waals surface area contributed by atoms with Crippen molar-refractivity contribution in [2.24, 2.45) is 17.8 Å². The zero-order valence-electron chi connectivity index (χ0n) is 18.2. The van der Waals surface area contributed by atoms with Crippen molar-refractivity contribution >= 4 is 11.9 Å². The largest absolute Gasteiger partial charge is 0.493 e. The number of carbonyl (C=O) groups excluding carboxylic acids is 2. The lowest BCUT2D eigenvalue weighted by molar-refractivity contribution is -0.134. The molecule has 30 heavy (non-hydrogen) atoms. The van der Waals surface area contributed by atoms with Gasteiger partial charge in [-0.1, -0.05) is 0 Å². The van der Waals surface area contributed by atoms with Gasteiger partial charge in [0.05, 0.1) is 21.3 Å². The van der Waals surface area contributed by atoms with E-state index in [1.54, 1.807) is 19.1 Å². The van der Waals surface area contributed by atoms with Gasteiger partial charge in [-0.25, -0.2) is 4.79 Å². The summed E-state index contributed by atoms with van der Waals surface area (Å²) in [4.78, 5) is 25.7. The molecule has 1 aromatic rings. The lowest BCUT2D eigenvalue weighted by Gasteiger charge is -2.57. The molecule has 0 aliphatic heterocycles. The average molecular weight is 418 g/mol. The summed E-state index contributed by atoms with van der Waals surface area (Å²) in [7, 11) is 4.42. The fraction of sp³-hybridized carbons (Fsp3) is 0.652. The minimum atomic E-state index is -0.900. The molecule has 0 aromatic heterocycles. The van der Waals surface area contributed by atoms with Crippen LogP contribution in [-0.2, 0) is 9.53 Å². The Balaban J connectivity index is 1.44. The van der Waals surface area contributed by atoms with E-state index in [9.17, 15) is 9.59 Å². The van der Waals surface area contributed by atoms with Gasteiger partial charge < -0.3 is 24.3 Å². The van der Waals surface area contributed by atoms with Gasteiger partial charge in [0.25, 0.3) is 5.91 Å². The van der Waals surface area contributed by atoms with Crippen LogP contribution < -0.4 is 19.5 Å². The second-order valence-corrected chi connectivity index (χ2v) is 9.12. The number of carbonyl (C=O) groups is 2. The molecular formula is C23H31NO6. The predicted octanol–water partition coefficient (Wildman–Crippen LogP) is 3.34. The number of rotatable bonds is 7. The van der Waals surface area contributed by atoms with E-state index in [2.05, 4.69) is 5.32 Å². The molecule has 7 nitrogen and oxygen atoms in total. The van der Waals surface area contributed by atoms with Crippen LogP contribution in [-0.4, -0.2) is 44.8 Å². The third kappa shape index (κ3) is 3.70. The van der Waals surface area contributed by atoms with Gasteiger partial charge in [0.15, 0.2) is 17.6 Å². The van der Waals surface area contributed by atoms with Gasteiger partial charge >= 0.3 is 5.97 Å². The number of hydrogen-bond acceptors (Lipinski definition) is 6. The second-order valence-electron chi connectivity index (χ2n) is 9.12. The van der Waals surface area contributed by atoms with Crippen LogP contribution in [0.3, 0.4) is 0 Å². The Labute approximate surface area is 177 Å². The van der Waals surface area contributed by atoms with Crippen LogP contribution in [0, 0.1) is 17.8 Å². The summed E-state index contributed by atoms with van der Waals surface area (Å²) < 4.78 is 21.4. The first-order chi connectivity index (χ1) is 14.4. The normalized spacial score (nSPS) is 29.8. The van der Waals surface area contributed by atoms with E-state index in [1.807, 2.05) is 0 Å². The second kappa shape index (κ2) is 8.00. The first-order valence-electron chi connectivity index (χ1n) is 10.7. The SMILES string of the molecule is COc1ccc(C(=O)O[C@@H](C)C(=O)NC23CC4CC(CC(C4)C2)C3)c(OC)c1OC. The van der Waals surface area contributed by atoms with Crippen molar-refractivity contribution in [2.45, 2.75) is 57.1 Å². The van der Waals surface area contributed by atoms with Crippen molar-refractivity contribution in [1.82, 2.24) is 5.32 Å². The van der Waals surface area contributed by atoms with Crippen LogP contribution >= 0.6 is 0 Å². The van der Waals surface area contributed by atoms with E-state index >= 15 is 0 Å². The van der Waals surface area contributed by atoms with Gasteiger partial charge in [-0.05, 0) is 75.3 Å². The molecule has 0 heterocycles. The quantitative estimate of drug-likeness (QED) is 0.685. The molecule has 0 unspecified atom stereocenters. The summed E-state index contributed by atoms with van der Waals surface area (Å²) in [6.07, 6.45) is 6.16. The highest BCUT2D eigenvalue weighted by atomic mass is 16.6. The fourth-order valence-electron chi connectivity index (χ4n) is 6.17. The maximum absolute atomic E-state index is 12.9. The molecule has 4 bridgehead atoms. The van der Waals surface area contributed by atoms with Crippen LogP contribution in [0.15, 0.2) is 12.1 Å². The Morgan fingerprint density at radius 2 is 1.50 bits per heavy atom. The Morgan fingerprint density at radius 3 is 2.00 bits per heavy atom. The molecule has 4 aliphatic rings. The molecule has 1 N–H and O–H groups in total. The summed E-state index contributed by atoms with van der Waals surface area (Å²) in [5.41, 5.74) is 0.0673. The number of esters is 1. The van der Waals surface area contributed by atoms with Crippen molar-refractivity contribution in [1.29, 1.82) is 0 Å². The third-order valence-electron chi connectivity index (χ3n) is 7.00. The average Bonchev–Trinajstić information content (AvgIpc) is 2.70. The number of amides is 1. The molecule has 0 radical (unpaired) electrons. The smallest absolute Gasteiger partial charge is 0.342 e. The molecule has 7 heteroatoms. The molecule has 0 spiro atoms. The van der Waals surface area contributed by atoms with E-state index in [-0.39, 0.29) is 22.8 Å². The van der Waals surface area contributed by atoms with Crippen molar-refractivity contribution in [3.05, 3.63) is 17.7 Å². The molecule has 4 saturated carbocycles. The first-order valence-corrected chi connectivity index (χ1v) is 10.7. The minimum Gasteiger partial charge on any atom is -0.493 e. The van der Waals surface area contributed by atoms with Gasteiger partial charge in [-0.15, -0.1) is 0 Å². The number of ether oxygens (including phenoxy) is 4. The van der Waals surface area contributed by atoms with E-state index in [1.165, 1.54) is 40.6 Å². The maximum Gasteiger partial charge on any atom is 0.342 e. The van der Waals surface area contributed by atoms with Gasteiger partial charge in [0, 0.05) is 5.54 Å². The highest BCUT2D eigenvalue weighted by Crippen LogP contribution is 2.55. The summed E-state index contributed by atoms with van der Waals surface area (Å²) in [5.74, 6) is 2.28. The van der Waals surface area contributed by atoms with Crippen LogP contribution in [0.5, 0.6) is 17.2 Å². The summed E-state index contributed by atoms with van der Waals surface area (Å²) in [6.45, 7) is 1.61. The zero-order chi connectivity index (χ0) is 21.5. The minimum absolute atomic E-state index is 0.118. The molecule has 4 aliphatic carbocycles. The van der Waals surface area contributed by atoms with Crippen LogP contribution in [0.2, 0.25) is 0 Å². The van der Waals surface area contributed by atoms with Gasteiger partial charge in [-0.3, -0.25) is 4.79 Å². The van der Waals surface area contributed by atoms with E-state index in [4.69, 9.17) is 18.9 Å². The highest BCUT2D eigenvalue weighted by Gasteiger charge is 2.51. The van der Waals surface area contributed by atoms with Crippen LogP contribution in [0.1, 0.15) is 55.8 Å². The number of benzene rings is 1. The topological polar surface area (TPSA) is 83.1 Å². The Bertz CT molecular complexity index is 800. The fourth-order valence-corrected chi connectivity index (χ4v) is 6.17. The molecule has 164 valence electrons. The molecule has 1 atom stereocenters. The van der Waals surface area contributed by atoms with Crippen molar-refractivity contribution < 1.29 is 28.5 Å². The van der Waals surface area contributed by atoms with Crippen molar-refractivity contribution in [2.75, 3.05) is 21.3 Å². The maximum atomic E-state index is 12.9. The molecule has 1 aromatic carbocycles. The van der Waals surface area contributed by atoms with Gasteiger partial charge in [0.2, 0.25) is 5.75 Å². The monoisotopic (exact) mass is 417 g/mol. The molecule has 1 amide bonds. The summed E-state index contributed by atoms with van der Waals surface area (Å²) in [5, 5.41) is 3.26. The lowest BCUT2D eigenvalue weighted by Crippen LogP contribution is -2.61. The molecule has 5 rings (SSSR count). The highest BCUT2D eigenvalue weighted by molar-refractivity contribution is 5.96. The molecular weight excluding hydrogens is 386 g/mol. The summed E-state index contributed by atoms with van der Waals surface area (Å²) in [6, 6.07) is 3.16. The Hall–Kier alpha value is -2.44. The number of hydrogen-bond donors (Lipinski definition) is 1. The van der Waals surface area contributed by atoms with Crippen LogP contribution in [0.25, 0.3) is 0 Å². The predicted molar refractivity (Wildman–Crippen MR) is 110 cm³/mol. The molecule has 0 saturated heterocycles. The van der Waals surface area contributed by atoms with Gasteiger partial charge in [0.1, 0.15) is 5.56 Å². The number of nitrogens with one attached hydrogen (secondary N) is 1. The summed E-state index contributed by atoms with van der Waals surface area (Å²) >= 11 is 0. The Morgan fingerprint density at radius 1 is 0.933 bits per heavy atom. The van der Waals surface area contributed by atoms with E-state index < -0.39 is 12.1 Å². The van der Waals surface area contributed by atoms with E-state index in [0.717, 1.165) is 37.0 Å². The third-order valence-corrected chi connectivity index (χ3v) is 7.00. The van der Waals surface area contributed by atoms with Crippen molar-refractivity contribution in [3.63, 3.8) is 0 Å².